The molecule has 0 unspecified atom stereocenters. The van der Waals surface area contributed by atoms with Gasteiger partial charge in [0.25, 0.3) is 0 Å². The average Bonchev–Trinajstić information content (AvgIpc) is 3.28. The fraction of sp³-hybridized carbons (Fsp3) is 0.421. The van der Waals surface area contributed by atoms with Gasteiger partial charge in [0, 0.05) is 24.1 Å². The van der Waals surface area contributed by atoms with Crippen molar-refractivity contribution in [3.05, 3.63) is 99.4 Å². The number of ketones is 1. The SMILES string of the molecule is CCCC(=O)c1ccc(-c2ccc(F)c(C3=C(CN4C(=O)O[C@H](c5cc(C)cc(C(F)(F)F)c5)[C@@H]4C)CC(C)(C)CC3)c2)c(C(F)(F)F)c1. The summed E-state index contributed by atoms with van der Waals surface area (Å²) in [5, 5.41) is 0. The van der Waals surface area contributed by atoms with Crippen LogP contribution in [0.1, 0.15) is 104 Å². The van der Waals surface area contributed by atoms with Crippen LogP contribution in [0.3, 0.4) is 0 Å². The first-order valence-electron chi connectivity index (χ1n) is 16.2. The van der Waals surface area contributed by atoms with Crippen LogP contribution in [0, 0.1) is 18.2 Å². The molecule has 0 aromatic heterocycles. The van der Waals surface area contributed by atoms with E-state index < -0.39 is 53.3 Å². The normalized spacial score (nSPS) is 19.8. The average molecular weight is 690 g/mol. The predicted octanol–water partition coefficient (Wildman–Crippen LogP) is 11.4. The van der Waals surface area contributed by atoms with E-state index in [9.17, 15) is 35.9 Å². The van der Waals surface area contributed by atoms with Crippen LogP contribution in [0.5, 0.6) is 0 Å². The number of amides is 1. The number of rotatable bonds is 8. The lowest BCUT2D eigenvalue weighted by atomic mass is 9.72. The molecule has 2 aliphatic rings. The lowest BCUT2D eigenvalue weighted by Crippen LogP contribution is -2.35. The van der Waals surface area contributed by atoms with Gasteiger partial charge in [0.15, 0.2) is 5.78 Å². The Hall–Kier alpha value is -4.15. The quantitative estimate of drug-likeness (QED) is 0.175. The summed E-state index contributed by atoms with van der Waals surface area (Å²) in [4.78, 5) is 27.1. The van der Waals surface area contributed by atoms with Crippen LogP contribution in [0.4, 0.5) is 35.5 Å². The number of carbonyl (C=O) groups is 2. The van der Waals surface area contributed by atoms with Gasteiger partial charge >= 0.3 is 18.4 Å². The first-order valence-corrected chi connectivity index (χ1v) is 16.2. The number of hydrogen-bond acceptors (Lipinski definition) is 3. The molecule has 1 amide bonds. The molecule has 0 radical (unpaired) electrons. The number of ether oxygens (including phenoxy) is 1. The molecule has 262 valence electrons. The monoisotopic (exact) mass is 689 g/mol. The summed E-state index contributed by atoms with van der Waals surface area (Å²) in [7, 11) is 0. The fourth-order valence-electron chi connectivity index (χ4n) is 6.89. The lowest BCUT2D eigenvalue weighted by Gasteiger charge is -2.35. The fourth-order valence-corrected chi connectivity index (χ4v) is 6.89. The molecule has 2 atom stereocenters. The van der Waals surface area contributed by atoms with Gasteiger partial charge in [0.05, 0.1) is 17.2 Å². The Morgan fingerprint density at radius 1 is 0.959 bits per heavy atom. The highest BCUT2D eigenvalue weighted by Crippen LogP contribution is 2.46. The van der Waals surface area contributed by atoms with E-state index in [4.69, 9.17) is 4.74 Å². The number of halogens is 7. The summed E-state index contributed by atoms with van der Waals surface area (Å²) in [5.41, 5.74) is -0.328. The molecule has 4 nitrogen and oxygen atoms in total. The summed E-state index contributed by atoms with van der Waals surface area (Å²) < 4.78 is 105. The highest BCUT2D eigenvalue weighted by molar-refractivity contribution is 5.97. The van der Waals surface area contributed by atoms with Crippen molar-refractivity contribution in [3.63, 3.8) is 0 Å². The Bertz CT molecular complexity index is 1810. The number of aryl methyl sites for hydroxylation is 1. The number of Topliss-reactive ketones (excluding diaryl/α,β-unsaturated/α-hetero) is 1. The summed E-state index contributed by atoms with van der Waals surface area (Å²) in [6, 6.07) is 10.1. The molecule has 1 aliphatic heterocycles. The molecule has 49 heavy (non-hydrogen) atoms. The minimum absolute atomic E-state index is 0.00108. The van der Waals surface area contributed by atoms with E-state index in [0.717, 1.165) is 24.3 Å². The molecule has 1 aliphatic carbocycles. The van der Waals surface area contributed by atoms with Gasteiger partial charge in [-0.25, -0.2) is 9.18 Å². The third-order valence-electron chi connectivity index (χ3n) is 9.41. The van der Waals surface area contributed by atoms with E-state index in [1.54, 1.807) is 19.9 Å². The molecule has 3 aromatic carbocycles. The highest BCUT2D eigenvalue weighted by Gasteiger charge is 2.43. The van der Waals surface area contributed by atoms with Crippen LogP contribution >= 0.6 is 0 Å². The Balaban J connectivity index is 1.54. The zero-order valence-corrected chi connectivity index (χ0v) is 27.9. The van der Waals surface area contributed by atoms with E-state index in [2.05, 4.69) is 0 Å². The van der Waals surface area contributed by atoms with Gasteiger partial charge in [-0.2, -0.15) is 26.3 Å². The van der Waals surface area contributed by atoms with Gasteiger partial charge in [-0.05, 0) is 103 Å². The Morgan fingerprint density at radius 3 is 2.33 bits per heavy atom. The van der Waals surface area contributed by atoms with Crippen molar-refractivity contribution < 1.29 is 45.1 Å². The summed E-state index contributed by atoms with van der Waals surface area (Å²) >= 11 is 0. The van der Waals surface area contributed by atoms with Gasteiger partial charge < -0.3 is 4.74 Å². The zero-order valence-electron chi connectivity index (χ0n) is 27.9. The van der Waals surface area contributed by atoms with Gasteiger partial charge in [-0.3, -0.25) is 9.69 Å². The van der Waals surface area contributed by atoms with Crippen LogP contribution in [-0.2, 0) is 17.1 Å². The molecule has 5 rings (SSSR count). The standard InChI is InChI=1S/C38H38F7NO3/c1-6-7-33(47)24-8-10-29(31(18-24)38(43,44)45)23-9-11-32(39)30(17-23)28-12-13-36(4,5)19-26(28)20-46-22(3)34(49-35(46)48)25-14-21(2)15-27(16-25)37(40,41)42/h8-11,14-18,22,34H,6-7,12-13,19-20H2,1-5H3/t22-,34-/m0/s1. The number of hydrogen-bond donors (Lipinski definition) is 0. The van der Waals surface area contributed by atoms with Crippen LogP contribution in [0.15, 0.2) is 60.2 Å². The third kappa shape index (κ3) is 7.70. The molecule has 1 saturated heterocycles. The van der Waals surface area contributed by atoms with Crippen molar-refractivity contribution in [2.75, 3.05) is 6.54 Å². The molecular weight excluding hydrogens is 651 g/mol. The van der Waals surface area contributed by atoms with E-state index in [1.807, 2.05) is 13.8 Å². The molecule has 0 saturated carbocycles. The largest absolute Gasteiger partial charge is 0.439 e. The van der Waals surface area contributed by atoms with Crippen LogP contribution in [-0.4, -0.2) is 29.4 Å². The molecule has 11 heteroatoms. The zero-order chi connectivity index (χ0) is 36.1. The molecule has 0 bridgehead atoms. The van der Waals surface area contributed by atoms with E-state index in [-0.39, 0.29) is 46.2 Å². The molecular formula is C38H38F7NO3. The van der Waals surface area contributed by atoms with Crippen molar-refractivity contribution in [1.29, 1.82) is 0 Å². The maximum Gasteiger partial charge on any atom is 0.417 e. The molecule has 0 N–H and O–H groups in total. The molecule has 0 spiro atoms. The van der Waals surface area contributed by atoms with E-state index in [1.165, 1.54) is 36.1 Å². The van der Waals surface area contributed by atoms with E-state index in [0.29, 0.717) is 42.4 Å². The predicted molar refractivity (Wildman–Crippen MR) is 172 cm³/mol. The first kappa shape index (κ1) is 36.1. The van der Waals surface area contributed by atoms with Crippen molar-refractivity contribution in [3.8, 4) is 11.1 Å². The molecule has 1 heterocycles. The number of carbonyl (C=O) groups excluding carboxylic acids is 2. The van der Waals surface area contributed by atoms with Crippen molar-refractivity contribution in [1.82, 2.24) is 4.90 Å². The van der Waals surface area contributed by atoms with Gasteiger partial charge in [-0.15, -0.1) is 0 Å². The first-order chi connectivity index (χ1) is 22.8. The third-order valence-corrected chi connectivity index (χ3v) is 9.41. The highest BCUT2D eigenvalue weighted by atomic mass is 19.4. The molecule has 1 fully saturated rings. The maximum absolute atomic E-state index is 15.6. The van der Waals surface area contributed by atoms with Crippen LogP contribution in [0.25, 0.3) is 16.7 Å². The van der Waals surface area contributed by atoms with Crippen molar-refractivity contribution in [2.45, 2.75) is 91.2 Å². The smallest absolute Gasteiger partial charge is 0.417 e. The Kier molecular flexibility index (Phi) is 9.80. The second kappa shape index (κ2) is 13.3. The van der Waals surface area contributed by atoms with Gasteiger partial charge in [-0.1, -0.05) is 50.6 Å². The number of allylic oxidation sites excluding steroid dienone is 1. The molecule has 3 aromatic rings. The number of alkyl halides is 6. The summed E-state index contributed by atoms with van der Waals surface area (Å²) in [6.45, 7) is 9.00. The van der Waals surface area contributed by atoms with Gasteiger partial charge in [0.1, 0.15) is 11.9 Å². The number of nitrogens with zero attached hydrogens (tertiary/aromatic N) is 1. The number of cyclic esters (lactones) is 1. The van der Waals surface area contributed by atoms with Crippen LogP contribution < -0.4 is 0 Å². The summed E-state index contributed by atoms with van der Waals surface area (Å²) in [5.74, 6) is -1.05. The number of benzene rings is 3. The second-order valence-corrected chi connectivity index (χ2v) is 13.9. The van der Waals surface area contributed by atoms with Gasteiger partial charge in [0.2, 0.25) is 0 Å². The van der Waals surface area contributed by atoms with Crippen molar-refractivity contribution >= 4 is 17.4 Å². The Labute approximate surface area is 280 Å². The van der Waals surface area contributed by atoms with Crippen molar-refractivity contribution in [2.24, 2.45) is 5.41 Å². The topological polar surface area (TPSA) is 46.6 Å². The van der Waals surface area contributed by atoms with E-state index >= 15 is 4.39 Å². The maximum atomic E-state index is 15.6. The minimum atomic E-state index is -4.79. The minimum Gasteiger partial charge on any atom is -0.439 e. The Morgan fingerprint density at radius 2 is 1.67 bits per heavy atom. The van der Waals surface area contributed by atoms with Crippen LogP contribution in [0.2, 0.25) is 0 Å². The second-order valence-electron chi connectivity index (χ2n) is 13.9. The lowest BCUT2D eigenvalue weighted by molar-refractivity contribution is -0.138. The summed E-state index contributed by atoms with van der Waals surface area (Å²) in [6.07, 6.45) is -9.04.